The van der Waals surface area contributed by atoms with E-state index in [4.69, 9.17) is 21.6 Å². The van der Waals surface area contributed by atoms with E-state index in [1.165, 1.54) is 0 Å². The molecule has 0 spiro atoms. The molecule has 14 nitrogen and oxygen atoms in total. The number of halogens is 1. The summed E-state index contributed by atoms with van der Waals surface area (Å²) in [4.78, 5) is 58.9. The molecule has 3 saturated heterocycles. The average molecular weight is 766 g/mol. The van der Waals surface area contributed by atoms with Gasteiger partial charge in [0, 0.05) is 82.0 Å². The molecule has 15 heteroatoms. The molecule has 1 aromatic heterocycles. The number of nitriles is 1. The van der Waals surface area contributed by atoms with Crippen LogP contribution in [0.25, 0.3) is 0 Å². The highest BCUT2D eigenvalue weighted by Crippen LogP contribution is 2.33. The van der Waals surface area contributed by atoms with Crippen LogP contribution in [0.15, 0.2) is 48.5 Å². The van der Waals surface area contributed by atoms with Gasteiger partial charge >= 0.3 is 0 Å². The third-order valence-electron chi connectivity index (χ3n) is 11.7. The second-order valence-electron chi connectivity index (χ2n) is 15.2. The van der Waals surface area contributed by atoms with Crippen LogP contribution in [0.1, 0.15) is 66.4 Å². The number of hydrogen-bond acceptors (Lipinski definition) is 11. The Morgan fingerprint density at radius 1 is 0.927 bits per heavy atom. The van der Waals surface area contributed by atoms with Gasteiger partial charge in [0.25, 0.3) is 5.91 Å². The van der Waals surface area contributed by atoms with Crippen LogP contribution in [0, 0.1) is 23.2 Å². The quantitative estimate of drug-likeness (QED) is 0.303. The molecule has 0 bridgehead atoms. The Balaban J connectivity index is 0.752. The Hall–Kier alpha value is -5.26. The van der Waals surface area contributed by atoms with Crippen LogP contribution in [0.2, 0.25) is 5.02 Å². The molecule has 0 radical (unpaired) electrons. The largest absolute Gasteiger partial charge is 0.490 e. The van der Waals surface area contributed by atoms with Crippen LogP contribution < -0.4 is 25.2 Å². The van der Waals surface area contributed by atoms with E-state index in [2.05, 4.69) is 41.6 Å². The standard InChI is InChI=1S/C40H44ClN9O5/c41-33-21-31(5-2-27(33)22-42)55-30-4-1-26(20-30)38(52)43-35-8-9-36(46-45-35)49-13-11-25(12-14-49)23-47-15-17-48(18-16-47)29-3-6-32-28(19-29)24-50(40(32)54)34-7-10-37(51)44-39(34)53/h2-3,5-6,8-9,19,21,25-26,30,34H,1,4,7,10-18,20,23-24H2,(H,43,45,52)(H,44,51,53)/t26-,30-,34?/m0/s1. The highest BCUT2D eigenvalue weighted by Gasteiger charge is 2.39. The first-order chi connectivity index (χ1) is 26.7. The smallest absolute Gasteiger partial charge is 0.255 e. The van der Waals surface area contributed by atoms with Crippen LogP contribution in [0.4, 0.5) is 17.3 Å². The highest BCUT2D eigenvalue weighted by molar-refractivity contribution is 6.31. The van der Waals surface area contributed by atoms with Crippen LogP contribution in [0.5, 0.6) is 5.75 Å². The number of nitrogens with one attached hydrogen (secondary N) is 2. The summed E-state index contributed by atoms with van der Waals surface area (Å²) in [7, 11) is 0. The van der Waals surface area contributed by atoms with E-state index in [9.17, 15) is 19.2 Å². The van der Waals surface area contributed by atoms with Gasteiger partial charge in [-0.05, 0) is 92.5 Å². The number of imide groups is 1. The number of amides is 4. The Labute approximate surface area is 324 Å². The van der Waals surface area contributed by atoms with Crippen molar-refractivity contribution in [3.8, 4) is 11.8 Å². The van der Waals surface area contributed by atoms with Gasteiger partial charge in [0.1, 0.15) is 17.9 Å². The molecule has 2 aromatic carbocycles. The number of carbonyl (C=O) groups excluding carboxylic acids is 4. The molecule has 3 atom stereocenters. The molecule has 8 rings (SSSR count). The fourth-order valence-corrected chi connectivity index (χ4v) is 8.80. The molecule has 4 fully saturated rings. The maximum Gasteiger partial charge on any atom is 0.255 e. The van der Waals surface area contributed by atoms with E-state index in [0.29, 0.717) is 59.4 Å². The predicted molar refractivity (Wildman–Crippen MR) is 205 cm³/mol. The van der Waals surface area contributed by atoms with Gasteiger partial charge < -0.3 is 24.8 Å². The first-order valence-electron chi connectivity index (χ1n) is 19.2. The third kappa shape index (κ3) is 8.09. The molecule has 2 N–H and O–H groups in total. The summed E-state index contributed by atoms with van der Waals surface area (Å²) in [6, 6.07) is 16.2. The van der Waals surface area contributed by atoms with E-state index in [1.54, 1.807) is 23.1 Å². The van der Waals surface area contributed by atoms with Gasteiger partial charge in [-0.25, -0.2) is 0 Å². The topological polar surface area (TPSA) is 164 Å². The van der Waals surface area contributed by atoms with Crippen molar-refractivity contribution in [2.75, 3.05) is 60.9 Å². The van der Waals surface area contributed by atoms with Gasteiger partial charge in [0.05, 0.1) is 16.7 Å². The number of ether oxygens (including phenoxy) is 1. The minimum absolute atomic E-state index is 0.0882. The lowest BCUT2D eigenvalue weighted by Gasteiger charge is -2.39. The molecule has 1 unspecified atom stereocenters. The summed E-state index contributed by atoms with van der Waals surface area (Å²) in [5, 5.41) is 23.5. The van der Waals surface area contributed by atoms with Crippen LogP contribution >= 0.6 is 11.6 Å². The van der Waals surface area contributed by atoms with E-state index in [0.717, 1.165) is 82.1 Å². The first kappa shape index (κ1) is 36.7. The summed E-state index contributed by atoms with van der Waals surface area (Å²) in [6.45, 7) is 7.01. The van der Waals surface area contributed by atoms with Gasteiger partial charge in [-0.15, -0.1) is 10.2 Å². The van der Waals surface area contributed by atoms with Gasteiger partial charge in [-0.3, -0.25) is 29.4 Å². The summed E-state index contributed by atoms with van der Waals surface area (Å²) < 4.78 is 6.04. The summed E-state index contributed by atoms with van der Waals surface area (Å²) in [6.07, 6.45) is 4.70. The molecule has 5 aliphatic rings. The van der Waals surface area contributed by atoms with E-state index < -0.39 is 6.04 Å². The lowest BCUT2D eigenvalue weighted by Crippen LogP contribution is -2.52. The van der Waals surface area contributed by atoms with Crippen molar-refractivity contribution in [1.29, 1.82) is 5.26 Å². The molecule has 1 saturated carbocycles. The first-order valence-corrected chi connectivity index (χ1v) is 19.6. The second kappa shape index (κ2) is 15.8. The molecule has 4 aliphatic heterocycles. The number of fused-ring (bicyclic) bond motifs is 1. The summed E-state index contributed by atoms with van der Waals surface area (Å²) in [5.41, 5.74) is 3.07. The minimum Gasteiger partial charge on any atom is -0.490 e. The van der Waals surface area contributed by atoms with Crippen molar-refractivity contribution in [2.45, 2.75) is 63.6 Å². The molecule has 3 aromatic rings. The van der Waals surface area contributed by atoms with Crippen LogP contribution in [-0.2, 0) is 20.9 Å². The second-order valence-corrected chi connectivity index (χ2v) is 15.6. The SMILES string of the molecule is N#Cc1ccc(O[C@H]2CC[C@H](C(=O)Nc3ccc(N4CCC(CN5CCN(c6ccc7c(c6)CN(C6CCC(=O)NC6=O)C7=O)CC5)CC4)nn3)C2)cc1Cl. The summed E-state index contributed by atoms with van der Waals surface area (Å²) in [5.74, 6) is 1.36. The van der Waals surface area contributed by atoms with Crippen molar-refractivity contribution >= 4 is 52.6 Å². The third-order valence-corrected chi connectivity index (χ3v) is 12.0. The molecule has 5 heterocycles. The zero-order valence-corrected chi connectivity index (χ0v) is 31.3. The Morgan fingerprint density at radius 3 is 2.47 bits per heavy atom. The van der Waals surface area contributed by atoms with Gasteiger partial charge in [0.2, 0.25) is 17.7 Å². The zero-order valence-electron chi connectivity index (χ0n) is 30.6. The number of carbonyl (C=O) groups is 4. The van der Waals surface area contributed by atoms with Crippen molar-refractivity contribution in [1.82, 2.24) is 25.3 Å². The molecule has 4 amide bonds. The number of anilines is 3. The maximum absolute atomic E-state index is 13.1. The van der Waals surface area contributed by atoms with Crippen molar-refractivity contribution in [2.24, 2.45) is 11.8 Å². The Kier molecular flexibility index (Phi) is 10.6. The monoisotopic (exact) mass is 765 g/mol. The fourth-order valence-electron chi connectivity index (χ4n) is 8.58. The summed E-state index contributed by atoms with van der Waals surface area (Å²) >= 11 is 6.14. The molecule has 55 heavy (non-hydrogen) atoms. The number of piperazine rings is 1. The average Bonchev–Trinajstić information content (AvgIpc) is 3.79. The van der Waals surface area contributed by atoms with Crippen LogP contribution in [-0.4, -0.2) is 102 Å². The molecular weight excluding hydrogens is 722 g/mol. The number of aromatic nitrogens is 2. The normalized spacial score (nSPS) is 23.4. The zero-order chi connectivity index (χ0) is 38.1. The van der Waals surface area contributed by atoms with E-state index in [1.807, 2.05) is 30.3 Å². The van der Waals surface area contributed by atoms with E-state index >= 15 is 0 Å². The minimum atomic E-state index is -0.604. The fraction of sp³-hybridized carbons (Fsp3) is 0.475. The molecule has 286 valence electrons. The van der Waals surface area contributed by atoms with E-state index in [-0.39, 0.29) is 42.1 Å². The molecular formula is C40H44ClN9O5. The Morgan fingerprint density at radius 2 is 1.75 bits per heavy atom. The number of benzene rings is 2. The number of nitrogens with zero attached hydrogens (tertiary/aromatic N) is 7. The highest BCUT2D eigenvalue weighted by atomic mass is 35.5. The van der Waals surface area contributed by atoms with Crippen molar-refractivity contribution in [3.05, 3.63) is 70.2 Å². The number of piperidine rings is 2. The van der Waals surface area contributed by atoms with Crippen molar-refractivity contribution in [3.63, 3.8) is 0 Å². The molecule has 1 aliphatic carbocycles. The van der Waals surface area contributed by atoms with Crippen LogP contribution in [0.3, 0.4) is 0 Å². The maximum atomic E-state index is 13.1. The number of hydrogen-bond donors (Lipinski definition) is 2. The lowest BCUT2D eigenvalue weighted by atomic mass is 9.96. The lowest BCUT2D eigenvalue weighted by molar-refractivity contribution is -0.137. The Bertz CT molecular complexity index is 2010. The van der Waals surface area contributed by atoms with Crippen molar-refractivity contribution < 1.29 is 23.9 Å². The van der Waals surface area contributed by atoms with Gasteiger partial charge in [-0.1, -0.05) is 11.6 Å². The number of rotatable bonds is 9. The van der Waals surface area contributed by atoms with Gasteiger partial charge in [-0.2, -0.15) is 5.26 Å². The van der Waals surface area contributed by atoms with Gasteiger partial charge in [0.15, 0.2) is 11.6 Å². The predicted octanol–water partition coefficient (Wildman–Crippen LogP) is 3.99.